The Bertz CT molecular complexity index is 552. The molecule has 1 N–H and O–H groups in total. The Kier molecular flexibility index (Phi) is 5.61. The van der Waals surface area contributed by atoms with Crippen LogP contribution in [0.5, 0.6) is 0 Å². The van der Waals surface area contributed by atoms with E-state index < -0.39 is 12.1 Å². The van der Waals surface area contributed by atoms with Crippen molar-refractivity contribution in [2.45, 2.75) is 39.3 Å². The summed E-state index contributed by atoms with van der Waals surface area (Å²) in [6.07, 6.45) is 1.06. The number of carbonyl (C=O) groups is 1. The normalized spacial score (nSPS) is 29.2. The number of rotatable bonds is 7. The number of carbonyl (C=O) groups excluding carboxylic acids is 1. The van der Waals surface area contributed by atoms with Gasteiger partial charge in [0.2, 0.25) is 0 Å². The Morgan fingerprint density at radius 2 is 1.84 bits per heavy atom. The second-order valence-electron chi connectivity index (χ2n) is 7.45. The minimum atomic E-state index is -0.898. The average molecular weight is 349 g/mol. The molecular weight excluding hydrogens is 322 g/mol. The quantitative estimate of drug-likeness (QED) is 0.819. The molecule has 3 fully saturated rings. The Hall–Kier alpha value is -1.63. The third kappa shape index (κ3) is 4.93. The molecule has 1 amide bonds. The van der Waals surface area contributed by atoms with Crippen molar-refractivity contribution in [3.05, 3.63) is 35.9 Å². The van der Waals surface area contributed by atoms with Crippen molar-refractivity contribution in [1.82, 2.24) is 5.32 Å². The van der Waals surface area contributed by atoms with Gasteiger partial charge in [-0.1, -0.05) is 44.2 Å². The molecule has 0 saturated carbocycles. The summed E-state index contributed by atoms with van der Waals surface area (Å²) in [5.41, 5.74) is 0.952. The summed E-state index contributed by atoms with van der Waals surface area (Å²) in [4.78, 5) is 11.7. The van der Waals surface area contributed by atoms with E-state index in [1.165, 1.54) is 0 Å². The van der Waals surface area contributed by atoms with E-state index in [1.54, 1.807) is 0 Å². The molecule has 0 radical (unpaired) electrons. The topological polar surface area (TPSA) is 66.0 Å². The van der Waals surface area contributed by atoms with E-state index in [1.807, 2.05) is 30.3 Å². The van der Waals surface area contributed by atoms with Gasteiger partial charge in [0.15, 0.2) is 0 Å². The number of hydrogen-bond acceptors (Lipinski definition) is 5. The summed E-state index contributed by atoms with van der Waals surface area (Å²) < 4.78 is 22.6. The summed E-state index contributed by atoms with van der Waals surface area (Å²) >= 11 is 0. The van der Waals surface area contributed by atoms with Crippen molar-refractivity contribution in [2.75, 3.05) is 26.4 Å². The van der Waals surface area contributed by atoms with E-state index in [4.69, 9.17) is 18.9 Å². The predicted octanol–water partition coefficient (Wildman–Crippen LogP) is 3.07. The lowest BCUT2D eigenvalue weighted by atomic mass is 9.90. The van der Waals surface area contributed by atoms with Crippen LogP contribution in [0.2, 0.25) is 0 Å². The zero-order valence-electron chi connectivity index (χ0n) is 15.0. The monoisotopic (exact) mass is 349 g/mol. The van der Waals surface area contributed by atoms with Gasteiger partial charge in [-0.15, -0.1) is 0 Å². The van der Waals surface area contributed by atoms with E-state index in [-0.39, 0.29) is 17.9 Å². The molecule has 0 aromatic heterocycles. The van der Waals surface area contributed by atoms with E-state index in [0.717, 1.165) is 12.0 Å². The van der Waals surface area contributed by atoms with Gasteiger partial charge in [-0.3, -0.25) is 0 Å². The number of ether oxygens (including phenoxy) is 4. The highest BCUT2D eigenvalue weighted by Crippen LogP contribution is 2.41. The first-order valence-corrected chi connectivity index (χ1v) is 8.85. The van der Waals surface area contributed by atoms with Gasteiger partial charge >= 0.3 is 6.09 Å². The third-order valence-corrected chi connectivity index (χ3v) is 4.64. The maximum absolute atomic E-state index is 11.7. The maximum Gasteiger partial charge on any atom is 0.407 e. The van der Waals surface area contributed by atoms with Crippen LogP contribution in [0.15, 0.2) is 30.3 Å². The molecule has 1 aromatic carbocycles. The first-order chi connectivity index (χ1) is 12.0. The molecule has 0 spiro atoms. The standard InChI is InChI=1S/C19H27NO5/c1-15(10-19-23-12-18(2,13-24-19)14-25-19)8-9-20-17(21)22-11-16-6-4-3-5-7-16/h3-7,15H,8-14H2,1-2H3,(H,20,21). The summed E-state index contributed by atoms with van der Waals surface area (Å²) in [6.45, 7) is 7.04. The van der Waals surface area contributed by atoms with Crippen molar-refractivity contribution >= 4 is 6.09 Å². The minimum absolute atomic E-state index is 0.0188. The fourth-order valence-corrected chi connectivity index (χ4v) is 3.00. The molecule has 3 saturated heterocycles. The average Bonchev–Trinajstić information content (AvgIpc) is 2.62. The van der Waals surface area contributed by atoms with Gasteiger partial charge < -0.3 is 24.3 Å². The van der Waals surface area contributed by atoms with Crippen LogP contribution < -0.4 is 5.32 Å². The summed E-state index contributed by atoms with van der Waals surface area (Å²) in [7, 11) is 0. The van der Waals surface area contributed by atoms with Crippen molar-refractivity contribution in [3.8, 4) is 0 Å². The molecule has 1 unspecified atom stereocenters. The number of nitrogens with one attached hydrogen (secondary N) is 1. The lowest BCUT2D eigenvalue weighted by Crippen LogP contribution is -2.59. The fourth-order valence-electron chi connectivity index (χ4n) is 3.00. The van der Waals surface area contributed by atoms with Crippen LogP contribution in [0, 0.1) is 11.3 Å². The molecule has 0 aliphatic carbocycles. The van der Waals surface area contributed by atoms with Crippen LogP contribution in [0.4, 0.5) is 4.79 Å². The van der Waals surface area contributed by atoms with Crippen LogP contribution in [-0.4, -0.2) is 38.4 Å². The van der Waals surface area contributed by atoms with E-state index >= 15 is 0 Å². The number of alkyl carbamates (subject to hydrolysis) is 1. The molecule has 3 heterocycles. The molecule has 2 bridgehead atoms. The molecule has 3 aliphatic heterocycles. The van der Waals surface area contributed by atoms with Gasteiger partial charge in [0, 0.05) is 18.4 Å². The second-order valence-corrected chi connectivity index (χ2v) is 7.45. The highest BCUT2D eigenvalue weighted by Gasteiger charge is 2.50. The Labute approximate surface area is 148 Å². The fraction of sp³-hybridized carbons (Fsp3) is 0.632. The summed E-state index contributed by atoms with van der Waals surface area (Å²) in [5, 5.41) is 2.78. The predicted molar refractivity (Wildman–Crippen MR) is 91.7 cm³/mol. The first kappa shape index (κ1) is 18.2. The van der Waals surface area contributed by atoms with Gasteiger partial charge in [0.25, 0.3) is 5.97 Å². The number of benzene rings is 1. The number of amides is 1. The highest BCUT2D eigenvalue weighted by molar-refractivity contribution is 5.67. The minimum Gasteiger partial charge on any atom is -0.445 e. The van der Waals surface area contributed by atoms with Crippen LogP contribution in [-0.2, 0) is 25.6 Å². The van der Waals surface area contributed by atoms with Crippen LogP contribution in [0.25, 0.3) is 0 Å². The van der Waals surface area contributed by atoms with Gasteiger partial charge in [-0.2, -0.15) is 0 Å². The van der Waals surface area contributed by atoms with Crippen molar-refractivity contribution < 1.29 is 23.7 Å². The lowest BCUT2D eigenvalue weighted by molar-refractivity contribution is -0.470. The number of fused-ring (bicyclic) bond motifs is 3. The van der Waals surface area contributed by atoms with Crippen molar-refractivity contribution in [2.24, 2.45) is 11.3 Å². The molecule has 6 heteroatoms. The molecule has 25 heavy (non-hydrogen) atoms. The highest BCUT2D eigenvalue weighted by atomic mass is 16.9. The van der Waals surface area contributed by atoms with Gasteiger partial charge in [-0.25, -0.2) is 4.79 Å². The molecule has 138 valence electrons. The van der Waals surface area contributed by atoms with Crippen molar-refractivity contribution in [1.29, 1.82) is 0 Å². The van der Waals surface area contributed by atoms with Gasteiger partial charge in [0.05, 0.1) is 19.8 Å². The van der Waals surface area contributed by atoms with Crippen LogP contribution >= 0.6 is 0 Å². The van der Waals surface area contributed by atoms with E-state index in [9.17, 15) is 4.79 Å². The Balaban J connectivity index is 1.32. The zero-order chi connectivity index (χ0) is 17.8. The molecule has 3 aliphatic rings. The smallest absolute Gasteiger partial charge is 0.407 e. The molecule has 1 atom stereocenters. The van der Waals surface area contributed by atoms with E-state index in [2.05, 4.69) is 19.2 Å². The molecule has 1 aromatic rings. The second kappa shape index (κ2) is 7.72. The largest absolute Gasteiger partial charge is 0.445 e. The third-order valence-electron chi connectivity index (χ3n) is 4.64. The summed E-state index contributed by atoms with van der Waals surface area (Å²) in [6, 6.07) is 9.62. The Morgan fingerprint density at radius 3 is 2.48 bits per heavy atom. The van der Waals surface area contributed by atoms with Crippen LogP contribution in [0.1, 0.15) is 32.3 Å². The SMILES string of the molecule is CC(CCNC(=O)OCc1ccccc1)CC12OCC(C)(CO1)CO2. The zero-order valence-corrected chi connectivity index (χ0v) is 15.0. The number of hydrogen-bond donors (Lipinski definition) is 1. The van der Waals surface area contributed by atoms with E-state index in [0.29, 0.717) is 32.8 Å². The van der Waals surface area contributed by atoms with Crippen molar-refractivity contribution in [3.63, 3.8) is 0 Å². The maximum atomic E-state index is 11.7. The van der Waals surface area contributed by atoms with Gasteiger partial charge in [-0.05, 0) is 17.9 Å². The Morgan fingerprint density at radius 1 is 1.20 bits per heavy atom. The molecular formula is C19H27NO5. The summed E-state index contributed by atoms with van der Waals surface area (Å²) in [5.74, 6) is -0.609. The molecule has 4 rings (SSSR count). The lowest BCUT2D eigenvalue weighted by Gasteiger charge is -2.51. The van der Waals surface area contributed by atoms with Gasteiger partial charge in [0.1, 0.15) is 6.61 Å². The molecule has 6 nitrogen and oxygen atoms in total. The first-order valence-electron chi connectivity index (χ1n) is 8.85. The van der Waals surface area contributed by atoms with Crippen LogP contribution in [0.3, 0.4) is 0 Å².